The molecule has 0 atom stereocenters. The molecule has 28 heavy (non-hydrogen) atoms. The number of pyridine rings is 2. The van der Waals surface area contributed by atoms with Gasteiger partial charge in [-0.25, -0.2) is 8.78 Å². The van der Waals surface area contributed by atoms with E-state index in [1.807, 2.05) is 24.3 Å². The lowest BCUT2D eigenvalue weighted by Gasteiger charge is -2.20. The largest absolute Gasteiger partial charge is 0.256 e. The first kappa shape index (κ1) is 20.1. The minimum atomic E-state index is -0.633. The Bertz CT molecular complexity index is 933. The molecule has 0 amide bonds. The summed E-state index contributed by atoms with van der Waals surface area (Å²) < 4.78 is 29.3. The summed E-state index contributed by atoms with van der Waals surface area (Å²) in [6.45, 7) is 12.5. The molecule has 2 heterocycles. The van der Waals surface area contributed by atoms with Crippen LogP contribution in [0.15, 0.2) is 48.8 Å². The van der Waals surface area contributed by atoms with E-state index >= 15 is 0 Å². The van der Waals surface area contributed by atoms with E-state index in [9.17, 15) is 8.78 Å². The molecule has 4 heteroatoms. The molecular formula is C24H26F2N2. The summed E-state index contributed by atoms with van der Waals surface area (Å²) in [7, 11) is 0. The fraction of sp³-hybridized carbons (Fsp3) is 0.333. The maximum Gasteiger partial charge on any atom is 0.135 e. The second-order valence-corrected chi connectivity index (χ2v) is 9.17. The minimum absolute atomic E-state index is 0.0976. The van der Waals surface area contributed by atoms with Gasteiger partial charge in [0.15, 0.2) is 0 Å². The lowest BCUT2D eigenvalue weighted by molar-refractivity contribution is 0.583. The summed E-state index contributed by atoms with van der Waals surface area (Å²) in [6.07, 6.45) is 3.33. The molecule has 2 nitrogen and oxygen atoms in total. The van der Waals surface area contributed by atoms with Crippen LogP contribution in [-0.4, -0.2) is 9.97 Å². The molecule has 3 rings (SSSR count). The van der Waals surface area contributed by atoms with Crippen molar-refractivity contribution >= 4 is 0 Å². The Kier molecular flexibility index (Phi) is 5.09. The molecule has 146 valence electrons. The highest BCUT2D eigenvalue weighted by molar-refractivity contribution is 5.71. The molecule has 0 fully saturated rings. The lowest BCUT2D eigenvalue weighted by Crippen LogP contribution is -2.11. The van der Waals surface area contributed by atoms with Crippen LogP contribution in [0.1, 0.15) is 52.7 Å². The first-order valence-electron chi connectivity index (χ1n) is 9.39. The van der Waals surface area contributed by atoms with Gasteiger partial charge in [0.2, 0.25) is 0 Å². The van der Waals surface area contributed by atoms with Gasteiger partial charge in [-0.3, -0.25) is 9.97 Å². The van der Waals surface area contributed by atoms with Gasteiger partial charge in [-0.15, -0.1) is 0 Å². The quantitative estimate of drug-likeness (QED) is 0.495. The van der Waals surface area contributed by atoms with Gasteiger partial charge in [-0.1, -0.05) is 41.5 Å². The van der Waals surface area contributed by atoms with Crippen LogP contribution in [0, 0.1) is 11.6 Å². The van der Waals surface area contributed by atoms with E-state index < -0.39 is 11.6 Å². The molecule has 0 N–H and O–H groups in total. The zero-order valence-corrected chi connectivity index (χ0v) is 17.3. The topological polar surface area (TPSA) is 25.8 Å². The van der Waals surface area contributed by atoms with Crippen LogP contribution in [0.5, 0.6) is 0 Å². The van der Waals surface area contributed by atoms with E-state index in [-0.39, 0.29) is 22.0 Å². The smallest absolute Gasteiger partial charge is 0.135 e. The van der Waals surface area contributed by atoms with Crippen LogP contribution in [0.25, 0.3) is 22.5 Å². The first-order chi connectivity index (χ1) is 13.0. The Morgan fingerprint density at radius 2 is 1.00 bits per heavy atom. The minimum Gasteiger partial charge on any atom is -0.256 e. The number of nitrogens with zero attached hydrogens (tertiary/aromatic N) is 2. The van der Waals surface area contributed by atoms with Gasteiger partial charge in [0.1, 0.15) is 11.6 Å². The van der Waals surface area contributed by atoms with Crippen molar-refractivity contribution in [2.75, 3.05) is 0 Å². The van der Waals surface area contributed by atoms with Crippen LogP contribution in [0.2, 0.25) is 0 Å². The van der Waals surface area contributed by atoms with Crippen LogP contribution in [-0.2, 0) is 10.8 Å². The maximum absolute atomic E-state index is 14.6. The number of aromatic nitrogens is 2. The summed E-state index contributed by atoms with van der Waals surface area (Å²) in [6, 6.07) is 9.98. The van der Waals surface area contributed by atoms with E-state index in [1.54, 1.807) is 12.4 Å². The third-order valence-electron chi connectivity index (χ3n) is 4.86. The van der Waals surface area contributed by atoms with Gasteiger partial charge in [0.05, 0.1) is 11.4 Å². The fourth-order valence-corrected chi connectivity index (χ4v) is 3.03. The summed E-state index contributed by atoms with van der Waals surface area (Å²) in [5.41, 5.74) is 3.39. The van der Waals surface area contributed by atoms with E-state index in [2.05, 4.69) is 51.5 Å². The van der Waals surface area contributed by atoms with Crippen molar-refractivity contribution in [2.24, 2.45) is 0 Å². The van der Waals surface area contributed by atoms with Crippen LogP contribution >= 0.6 is 0 Å². The van der Waals surface area contributed by atoms with Gasteiger partial charge < -0.3 is 0 Å². The Labute approximate surface area is 165 Å². The Hall–Kier alpha value is -2.62. The molecule has 0 aliphatic carbocycles. The highest BCUT2D eigenvalue weighted by atomic mass is 19.1. The van der Waals surface area contributed by atoms with Crippen LogP contribution in [0.3, 0.4) is 0 Å². The van der Waals surface area contributed by atoms with Gasteiger partial charge >= 0.3 is 0 Å². The second-order valence-electron chi connectivity index (χ2n) is 9.17. The van der Waals surface area contributed by atoms with Gasteiger partial charge in [-0.05, 0) is 52.3 Å². The highest BCUT2D eigenvalue weighted by Crippen LogP contribution is 2.33. The number of rotatable bonds is 2. The molecule has 0 unspecified atom stereocenters. The van der Waals surface area contributed by atoms with E-state index in [0.717, 1.165) is 17.2 Å². The van der Waals surface area contributed by atoms with Gasteiger partial charge in [-0.2, -0.15) is 0 Å². The SMILES string of the molecule is CC(C)(C)c1ccnc(-c2cc(-c3cc(C(C)(C)C)ccn3)c(F)cc2F)c1. The zero-order valence-electron chi connectivity index (χ0n) is 17.3. The number of halogens is 2. The number of benzene rings is 1. The number of hydrogen-bond acceptors (Lipinski definition) is 2. The predicted molar refractivity (Wildman–Crippen MR) is 110 cm³/mol. The fourth-order valence-electron chi connectivity index (χ4n) is 3.03. The van der Waals surface area contributed by atoms with Crippen molar-refractivity contribution in [3.63, 3.8) is 0 Å². The van der Waals surface area contributed by atoms with Crippen molar-refractivity contribution < 1.29 is 8.78 Å². The average Bonchev–Trinajstić information content (AvgIpc) is 2.60. The molecule has 0 radical (unpaired) electrons. The van der Waals surface area contributed by atoms with Crippen molar-refractivity contribution in [3.8, 4) is 22.5 Å². The summed E-state index contributed by atoms with van der Waals surface area (Å²) in [5, 5.41) is 0. The molecule has 2 aromatic heterocycles. The van der Waals surface area contributed by atoms with E-state index in [4.69, 9.17) is 0 Å². The molecule has 1 aromatic carbocycles. The van der Waals surface area contributed by atoms with Crippen molar-refractivity contribution in [1.82, 2.24) is 9.97 Å². The number of hydrogen-bond donors (Lipinski definition) is 0. The van der Waals surface area contributed by atoms with Crippen molar-refractivity contribution in [2.45, 2.75) is 52.4 Å². The monoisotopic (exact) mass is 380 g/mol. The molecule has 0 spiro atoms. The van der Waals surface area contributed by atoms with Gasteiger partial charge in [0.25, 0.3) is 0 Å². The third kappa shape index (κ3) is 4.11. The predicted octanol–water partition coefficient (Wildman–Crippen LogP) is 6.68. The summed E-state index contributed by atoms with van der Waals surface area (Å²) in [4.78, 5) is 8.64. The second kappa shape index (κ2) is 7.08. The molecular weight excluding hydrogens is 354 g/mol. The van der Waals surface area contributed by atoms with Crippen molar-refractivity contribution in [1.29, 1.82) is 0 Å². The maximum atomic E-state index is 14.6. The molecule has 3 aromatic rings. The molecule has 0 bridgehead atoms. The average molecular weight is 380 g/mol. The standard InChI is InChI=1S/C24H26F2N2/c1-23(2,3)15-7-9-27-21(11-15)17-13-18(20(26)14-19(17)25)22-12-16(8-10-28-22)24(4,5)6/h7-14H,1-6H3. The lowest BCUT2D eigenvalue weighted by atomic mass is 9.86. The zero-order chi connectivity index (χ0) is 20.7. The van der Waals surface area contributed by atoms with E-state index in [0.29, 0.717) is 11.4 Å². The molecule has 0 aliphatic rings. The van der Waals surface area contributed by atoms with Crippen LogP contribution < -0.4 is 0 Å². The van der Waals surface area contributed by atoms with Crippen LogP contribution in [0.4, 0.5) is 8.78 Å². The first-order valence-corrected chi connectivity index (χ1v) is 9.39. The Morgan fingerprint density at radius 1 is 0.607 bits per heavy atom. The van der Waals surface area contributed by atoms with Gasteiger partial charge in [0, 0.05) is 29.6 Å². The van der Waals surface area contributed by atoms with Crippen molar-refractivity contribution in [3.05, 3.63) is 71.6 Å². The molecule has 0 saturated carbocycles. The molecule has 0 aliphatic heterocycles. The third-order valence-corrected chi connectivity index (χ3v) is 4.86. The summed E-state index contributed by atoms with van der Waals surface area (Å²) >= 11 is 0. The Balaban J connectivity index is 2.15. The normalized spacial score (nSPS) is 12.3. The highest BCUT2D eigenvalue weighted by Gasteiger charge is 2.20. The molecule has 0 saturated heterocycles. The Morgan fingerprint density at radius 3 is 1.36 bits per heavy atom. The van der Waals surface area contributed by atoms with E-state index in [1.165, 1.54) is 6.07 Å². The summed E-state index contributed by atoms with van der Waals surface area (Å²) in [5.74, 6) is -1.27.